The summed E-state index contributed by atoms with van der Waals surface area (Å²) in [5.74, 6) is 1.00. The maximum Gasteiger partial charge on any atom is 0.302 e. The van der Waals surface area contributed by atoms with Crippen LogP contribution in [0.3, 0.4) is 0 Å². The molecule has 0 aliphatic heterocycles. The number of thioether (sulfide) groups is 1. The van der Waals surface area contributed by atoms with Crippen molar-refractivity contribution in [3.63, 3.8) is 0 Å². The van der Waals surface area contributed by atoms with Gasteiger partial charge in [0.15, 0.2) is 5.65 Å². The van der Waals surface area contributed by atoms with E-state index in [1.54, 1.807) is 25.3 Å². The first-order chi connectivity index (χ1) is 20.3. The maximum absolute atomic E-state index is 13.1. The van der Waals surface area contributed by atoms with Crippen LogP contribution in [0.5, 0.6) is 0 Å². The molecule has 1 N–H and O–H groups in total. The number of fused-ring (bicyclic) bond motifs is 1. The van der Waals surface area contributed by atoms with E-state index in [0.29, 0.717) is 56.5 Å². The smallest absolute Gasteiger partial charge is 0.302 e. The summed E-state index contributed by atoms with van der Waals surface area (Å²) in [4.78, 5) is 40.5. The highest BCUT2D eigenvalue weighted by molar-refractivity contribution is 7.98. The number of hydrogen-bond acceptors (Lipinski definition) is 9. The number of carbonyl (C=O) groups is 1. The molecular formula is C31H26ClN5O4S. The Morgan fingerprint density at radius 2 is 1.81 bits per heavy atom. The fourth-order valence-corrected chi connectivity index (χ4v) is 5.47. The number of aryl methyl sites for hydroxylation is 2. The van der Waals surface area contributed by atoms with E-state index in [-0.39, 0.29) is 22.6 Å². The van der Waals surface area contributed by atoms with Gasteiger partial charge in [-0.2, -0.15) is 5.26 Å². The largest absolute Gasteiger partial charge is 0.466 e. The van der Waals surface area contributed by atoms with E-state index < -0.39 is 0 Å². The second kappa shape index (κ2) is 13.0. The lowest BCUT2D eigenvalue weighted by molar-refractivity contribution is -0.141. The summed E-state index contributed by atoms with van der Waals surface area (Å²) < 4.78 is 10.7. The van der Waals surface area contributed by atoms with Gasteiger partial charge < -0.3 is 14.1 Å². The van der Waals surface area contributed by atoms with Gasteiger partial charge in [0, 0.05) is 28.8 Å². The van der Waals surface area contributed by atoms with Crippen LogP contribution < -0.4 is 5.56 Å². The van der Waals surface area contributed by atoms with Crippen molar-refractivity contribution in [2.24, 2.45) is 0 Å². The van der Waals surface area contributed by atoms with E-state index in [2.05, 4.69) is 26.0 Å². The number of nitrogens with one attached hydrogen (secondary N) is 1. The highest BCUT2D eigenvalue weighted by atomic mass is 35.5. The summed E-state index contributed by atoms with van der Waals surface area (Å²) in [7, 11) is 0. The van der Waals surface area contributed by atoms with Gasteiger partial charge in [-0.15, -0.1) is 0 Å². The lowest BCUT2D eigenvalue weighted by Crippen LogP contribution is -2.13. The molecule has 5 aromatic rings. The first kappa shape index (κ1) is 29.0. The SMILES string of the molecule is CC(=O)OCCCCc1ccc(-c2c(C#N)c(SCc3coc(-c4ccc(Cl)cc4)n3)nc3nc(C)[nH]c(=O)c23)cc1. The van der Waals surface area contributed by atoms with Gasteiger partial charge >= 0.3 is 5.97 Å². The van der Waals surface area contributed by atoms with Gasteiger partial charge in [0.2, 0.25) is 5.89 Å². The first-order valence-electron chi connectivity index (χ1n) is 13.2. The van der Waals surface area contributed by atoms with Crippen LogP contribution in [0.15, 0.2) is 69.0 Å². The van der Waals surface area contributed by atoms with Crippen LogP contribution >= 0.6 is 23.4 Å². The van der Waals surface area contributed by atoms with Gasteiger partial charge in [0.05, 0.1) is 23.3 Å². The van der Waals surface area contributed by atoms with Crippen molar-refractivity contribution < 1.29 is 13.9 Å². The molecule has 0 radical (unpaired) electrons. The molecule has 9 nitrogen and oxygen atoms in total. The number of hydrogen-bond donors (Lipinski definition) is 1. The predicted molar refractivity (Wildman–Crippen MR) is 161 cm³/mol. The van der Waals surface area contributed by atoms with Crippen molar-refractivity contribution in [2.75, 3.05) is 6.61 Å². The third-order valence-electron chi connectivity index (χ3n) is 6.46. The number of pyridine rings is 1. The second-order valence-corrected chi connectivity index (χ2v) is 11.0. The minimum Gasteiger partial charge on any atom is -0.466 e. The zero-order valence-corrected chi connectivity index (χ0v) is 24.5. The number of esters is 1. The Hall–Kier alpha value is -4.46. The zero-order chi connectivity index (χ0) is 29.6. The Morgan fingerprint density at radius 1 is 1.07 bits per heavy atom. The predicted octanol–water partition coefficient (Wildman–Crippen LogP) is 6.65. The Morgan fingerprint density at radius 3 is 2.52 bits per heavy atom. The molecule has 3 aromatic heterocycles. The number of aromatic nitrogens is 4. The van der Waals surface area contributed by atoms with E-state index in [1.165, 1.54) is 18.7 Å². The highest BCUT2D eigenvalue weighted by Gasteiger charge is 2.21. The number of nitrogens with zero attached hydrogens (tertiary/aromatic N) is 4. The van der Waals surface area contributed by atoms with Crippen LogP contribution in [0.25, 0.3) is 33.6 Å². The van der Waals surface area contributed by atoms with Gasteiger partial charge in [-0.05, 0) is 61.6 Å². The number of unbranched alkanes of at least 4 members (excludes halogenated alkanes) is 1. The van der Waals surface area contributed by atoms with Crippen molar-refractivity contribution in [1.82, 2.24) is 19.9 Å². The third kappa shape index (κ3) is 6.70. The Balaban J connectivity index is 1.44. The first-order valence-corrected chi connectivity index (χ1v) is 14.6. The molecule has 212 valence electrons. The fourth-order valence-electron chi connectivity index (χ4n) is 4.48. The molecule has 0 aliphatic carbocycles. The summed E-state index contributed by atoms with van der Waals surface area (Å²) in [6.07, 6.45) is 4.01. The van der Waals surface area contributed by atoms with Crippen LogP contribution in [0.2, 0.25) is 5.02 Å². The van der Waals surface area contributed by atoms with Gasteiger partial charge in [0.1, 0.15) is 23.2 Å². The maximum atomic E-state index is 13.1. The van der Waals surface area contributed by atoms with Crippen molar-refractivity contribution >= 4 is 40.4 Å². The molecule has 2 aromatic carbocycles. The minimum atomic E-state index is -0.355. The van der Waals surface area contributed by atoms with E-state index in [9.17, 15) is 14.9 Å². The second-order valence-electron chi connectivity index (χ2n) is 9.56. The molecule has 0 spiro atoms. The Labute approximate surface area is 250 Å². The molecular weight excluding hydrogens is 574 g/mol. The van der Waals surface area contributed by atoms with Gasteiger partial charge in [0.25, 0.3) is 5.56 Å². The van der Waals surface area contributed by atoms with Crippen molar-refractivity contribution in [1.29, 1.82) is 5.26 Å². The average Bonchev–Trinajstić information content (AvgIpc) is 3.44. The molecule has 0 saturated heterocycles. The minimum absolute atomic E-state index is 0.266. The number of benzene rings is 2. The molecule has 0 aliphatic rings. The highest BCUT2D eigenvalue weighted by Crippen LogP contribution is 2.36. The molecule has 0 saturated carbocycles. The summed E-state index contributed by atoms with van der Waals surface area (Å²) in [5.41, 5.74) is 3.97. The van der Waals surface area contributed by atoms with E-state index in [0.717, 1.165) is 30.4 Å². The van der Waals surface area contributed by atoms with Gasteiger partial charge in [-0.25, -0.2) is 15.0 Å². The number of rotatable bonds is 10. The normalized spacial score (nSPS) is 11.0. The topological polar surface area (TPSA) is 135 Å². The number of H-pyrrole nitrogens is 1. The molecule has 42 heavy (non-hydrogen) atoms. The van der Waals surface area contributed by atoms with Crippen LogP contribution in [-0.4, -0.2) is 32.5 Å². The van der Waals surface area contributed by atoms with E-state index >= 15 is 0 Å². The number of nitriles is 1. The number of aromatic amines is 1. The molecule has 0 bridgehead atoms. The zero-order valence-electron chi connectivity index (χ0n) is 22.9. The quantitative estimate of drug-likeness (QED) is 0.106. The third-order valence-corrected chi connectivity index (χ3v) is 7.72. The number of halogens is 1. The standard InChI is InChI=1S/C31H26ClN5O4S/c1-18-34-28-27(29(39)35-18)26(21-8-6-20(7-9-21)5-3-4-14-40-19(2)38)25(15-33)31(37-28)42-17-24-16-41-30(36-24)22-10-12-23(32)13-11-22/h6-13,16H,3-5,14,17H2,1-2H3,(H,34,35,37,39). The van der Waals surface area contributed by atoms with Crippen LogP contribution in [0.4, 0.5) is 0 Å². The molecule has 3 heterocycles. The summed E-state index contributed by atoms with van der Waals surface area (Å²) in [5, 5.41) is 11.6. The lowest BCUT2D eigenvalue weighted by atomic mass is 9.97. The Kier molecular flexibility index (Phi) is 9.00. The monoisotopic (exact) mass is 599 g/mol. The number of oxazole rings is 1. The van der Waals surface area contributed by atoms with Crippen LogP contribution in [-0.2, 0) is 21.7 Å². The van der Waals surface area contributed by atoms with E-state index in [1.807, 2.05) is 36.4 Å². The fraction of sp³-hybridized carbons (Fsp3) is 0.226. The molecule has 0 unspecified atom stereocenters. The molecule has 0 amide bonds. The summed E-state index contributed by atoms with van der Waals surface area (Å²) >= 11 is 7.31. The number of carbonyl (C=O) groups excluding carboxylic acids is 1. The molecule has 0 fully saturated rings. The lowest BCUT2D eigenvalue weighted by Gasteiger charge is -2.13. The Bertz CT molecular complexity index is 1840. The van der Waals surface area contributed by atoms with Crippen molar-refractivity contribution in [2.45, 2.75) is 43.9 Å². The van der Waals surface area contributed by atoms with Gasteiger partial charge in [-0.3, -0.25) is 9.59 Å². The number of ether oxygens (including phenoxy) is 1. The summed E-state index contributed by atoms with van der Waals surface area (Å²) in [6, 6.07) is 17.2. The summed E-state index contributed by atoms with van der Waals surface area (Å²) in [6.45, 7) is 3.49. The van der Waals surface area contributed by atoms with Crippen LogP contribution in [0.1, 0.15) is 42.4 Å². The van der Waals surface area contributed by atoms with Crippen molar-refractivity contribution in [3.8, 4) is 28.7 Å². The molecule has 5 rings (SSSR count). The average molecular weight is 600 g/mol. The molecule has 11 heteroatoms. The molecule has 0 atom stereocenters. The van der Waals surface area contributed by atoms with E-state index in [4.69, 9.17) is 20.8 Å². The van der Waals surface area contributed by atoms with Crippen LogP contribution in [0, 0.1) is 18.3 Å². The van der Waals surface area contributed by atoms with Gasteiger partial charge in [-0.1, -0.05) is 47.6 Å². The van der Waals surface area contributed by atoms with Crippen molar-refractivity contribution in [3.05, 3.63) is 92.8 Å².